The minimum absolute atomic E-state index is 0.194. The van der Waals surface area contributed by atoms with Crippen molar-refractivity contribution in [2.24, 2.45) is 5.92 Å². The van der Waals surface area contributed by atoms with Gasteiger partial charge in [0.1, 0.15) is 5.82 Å². The van der Waals surface area contributed by atoms with Gasteiger partial charge >= 0.3 is 0 Å². The van der Waals surface area contributed by atoms with Crippen LogP contribution in [0.2, 0.25) is 0 Å². The highest BCUT2D eigenvalue weighted by Crippen LogP contribution is 2.27. The lowest BCUT2D eigenvalue weighted by molar-refractivity contribution is 0.0892. The standard InChI is InChI=1S/C23H30FN3O2/c1-16-7-8-19(20(24)13-16)22-14-21(26-29-22)23(28)25-15-17-9-11-27(12-10-17)18-5-3-2-4-6-18/h7-8,13-14,17-18H,2-6,9-12,15H2,1H3,(H,25,28). The van der Waals surface area contributed by atoms with Crippen LogP contribution in [0.5, 0.6) is 0 Å². The highest BCUT2D eigenvalue weighted by Gasteiger charge is 2.26. The Balaban J connectivity index is 1.27. The van der Waals surface area contributed by atoms with E-state index in [-0.39, 0.29) is 23.2 Å². The molecule has 0 unspecified atom stereocenters. The van der Waals surface area contributed by atoms with Crippen LogP contribution in [0.3, 0.4) is 0 Å². The van der Waals surface area contributed by atoms with Crippen molar-refractivity contribution in [3.8, 4) is 11.3 Å². The maximum Gasteiger partial charge on any atom is 0.273 e. The summed E-state index contributed by atoms with van der Waals surface area (Å²) in [5.74, 6) is 0.133. The molecule has 1 amide bonds. The third kappa shape index (κ3) is 4.86. The molecule has 0 bridgehead atoms. The summed E-state index contributed by atoms with van der Waals surface area (Å²) < 4.78 is 19.3. The summed E-state index contributed by atoms with van der Waals surface area (Å²) in [5.41, 5.74) is 1.34. The zero-order chi connectivity index (χ0) is 20.2. The predicted molar refractivity (Wildman–Crippen MR) is 110 cm³/mol. The fourth-order valence-corrected chi connectivity index (χ4v) is 4.63. The van der Waals surface area contributed by atoms with Crippen LogP contribution in [0.1, 0.15) is 61.0 Å². The summed E-state index contributed by atoms with van der Waals surface area (Å²) in [6.45, 7) is 4.74. The van der Waals surface area contributed by atoms with E-state index < -0.39 is 0 Å². The van der Waals surface area contributed by atoms with Gasteiger partial charge in [-0.1, -0.05) is 30.5 Å². The van der Waals surface area contributed by atoms with Gasteiger partial charge in [0.05, 0.1) is 5.56 Å². The molecule has 1 N–H and O–H groups in total. The average molecular weight is 400 g/mol. The Hall–Kier alpha value is -2.21. The molecule has 0 atom stereocenters. The fourth-order valence-electron chi connectivity index (χ4n) is 4.63. The normalized spacial score (nSPS) is 19.4. The summed E-state index contributed by atoms with van der Waals surface area (Å²) in [4.78, 5) is 15.1. The zero-order valence-corrected chi connectivity index (χ0v) is 17.1. The summed E-state index contributed by atoms with van der Waals surface area (Å²) >= 11 is 0. The van der Waals surface area contributed by atoms with Crippen molar-refractivity contribution in [3.63, 3.8) is 0 Å². The van der Waals surface area contributed by atoms with Gasteiger partial charge in [-0.15, -0.1) is 0 Å². The van der Waals surface area contributed by atoms with E-state index in [0.29, 0.717) is 18.0 Å². The molecule has 156 valence electrons. The van der Waals surface area contributed by atoms with Crippen LogP contribution >= 0.6 is 0 Å². The Labute approximate surface area is 171 Å². The molecule has 2 heterocycles. The number of piperidine rings is 1. The molecular formula is C23H30FN3O2. The third-order valence-corrected chi connectivity index (χ3v) is 6.42. The van der Waals surface area contributed by atoms with Crippen LogP contribution < -0.4 is 5.32 Å². The zero-order valence-electron chi connectivity index (χ0n) is 17.1. The highest BCUT2D eigenvalue weighted by atomic mass is 19.1. The van der Waals surface area contributed by atoms with Gasteiger partial charge < -0.3 is 14.7 Å². The Bertz CT molecular complexity index is 836. The van der Waals surface area contributed by atoms with E-state index in [1.165, 1.54) is 44.2 Å². The summed E-state index contributed by atoms with van der Waals surface area (Å²) in [5, 5.41) is 6.81. The molecule has 2 aromatic rings. The van der Waals surface area contributed by atoms with E-state index in [4.69, 9.17) is 4.52 Å². The van der Waals surface area contributed by atoms with E-state index in [1.54, 1.807) is 12.1 Å². The molecule has 29 heavy (non-hydrogen) atoms. The van der Waals surface area contributed by atoms with Gasteiger partial charge in [0.15, 0.2) is 11.5 Å². The van der Waals surface area contributed by atoms with Gasteiger partial charge in [-0.05, 0) is 69.3 Å². The van der Waals surface area contributed by atoms with E-state index in [0.717, 1.165) is 37.5 Å². The Morgan fingerprint density at radius 2 is 1.93 bits per heavy atom. The molecule has 2 fully saturated rings. The van der Waals surface area contributed by atoms with Crippen LogP contribution in [-0.2, 0) is 0 Å². The van der Waals surface area contributed by atoms with E-state index in [2.05, 4.69) is 15.4 Å². The van der Waals surface area contributed by atoms with Crippen molar-refractivity contribution < 1.29 is 13.7 Å². The molecule has 5 nitrogen and oxygen atoms in total. The molecule has 1 aromatic carbocycles. The molecule has 1 aromatic heterocycles. The second-order valence-electron chi connectivity index (χ2n) is 8.54. The molecule has 0 radical (unpaired) electrons. The number of hydrogen-bond donors (Lipinski definition) is 1. The number of hydrogen-bond acceptors (Lipinski definition) is 4. The van der Waals surface area contributed by atoms with Crippen LogP contribution in [0.15, 0.2) is 28.8 Å². The second kappa shape index (κ2) is 9.08. The average Bonchev–Trinajstić information content (AvgIpc) is 3.23. The molecular weight excluding hydrogens is 369 g/mol. The van der Waals surface area contributed by atoms with Crippen LogP contribution in [0, 0.1) is 18.7 Å². The lowest BCUT2D eigenvalue weighted by Crippen LogP contribution is -2.44. The number of aromatic nitrogens is 1. The SMILES string of the molecule is Cc1ccc(-c2cc(C(=O)NCC3CCN(C4CCCCC4)CC3)no2)c(F)c1. The smallest absolute Gasteiger partial charge is 0.273 e. The highest BCUT2D eigenvalue weighted by molar-refractivity contribution is 5.93. The van der Waals surface area contributed by atoms with Gasteiger partial charge in [0.2, 0.25) is 0 Å². The van der Waals surface area contributed by atoms with Crippen LogP contribution in [0.25, 0.3) is 11.3 Å². The van der Waals surface area contributed by atoms with Crippen molar-refractivity contribution in [1.82, 2.24) is 15.4 Å². The summed E-state index contributed by atoms with van der Waals surface area (Å²) in [6.07, 6.45) is 9.05. The Morgan fingerprint density at radius 1 is 1.17 bits per heavy atom. The quantitative estimate of drug-likeness (QED) is 0.801. The first-order chi connectivity index (χ1) is 14.1. The third-order valence-electron chi connectivity index (χ3n) is 6.42. The minimum Gasteiger partial charge on any atom is -0.355 e. The number of carbonyl (C=O) groups excluding carboxylic acids is 1. The first-order valence-electron chi connectivity index (χ1n) is 10.9. The van der Waals surface area contributed by atoms with E-state index >= 15 is 0 Å². The van der Waals surface area contributed by atoms with Crippen molar-refractivity contribution in [3.05, 3.63) is 41.3 Å². The number of amides is 1. The summed E-state index contributed by atoms with van der Waals surface area (Å²) in [7, 11) is 0. The predicted octanol–water partition coefficient (Wildman–Crippen LogP) is 4.56. The number of rotatable bonds is 5. The van der Waals surface area contributed by atoms with Gasteiger partial charge in [0, 0.05) is 18.7 Å². The second-order valence-corrected chi connectivity index (χ2v) is 8.54. The monoisotopic (exact) mass is 399 g/mol. The Morgan fingerprint density at radius 3 is 2.66 bits per heavy atom. The molecule has 6 heteroatoms. The lowest BCUT2D eigenvalue weighted by Gasteiger charge is -2.39. The van der Waals surface area contributed by atoms with Crippen molar-refractivity contribution in [2.45, 2.75) is 57.9 Å². The van der Waals surface area contributed by atoms with Crippen LogP contribution in [-0.4, -0.2) is 41.6 Å². The number of halogens is 1. The molecule has 1 saturated heterocycles. The molecule has 2 aliphatic rings. The van der Waals surface area contributed by atoms with E-state index in [1.807, 2.05) is 6.92 Å². The topological polar surface area (TPSA) is 58.4 Å². The maximum atomic E-state index is 14.1. The van der Waals surface area contributed by atoms with Crippen molar-refractivity contribution >= 4 is 5.91 Å². The molecule has 0 spiro atoms. The summed E-state index contributed by atoms with van der Waals surface area (Å²) in [6, 6.07) is 7.18. The van der Waals surface area contributed by atoms with Gasteiger partial charge in [-0.3, -0.25) is 4.79 Å². The maximum absolute atomic E-state index is 14.1. The van der Waals surface area contributed by atoms with Crippen molar-refractivity contribution in [1.29, 1.82) is 0 Å². The number of nitrogens with one attached hydrogen (secondary N) is 1. The molecule has 1 aliphatic heterocycles. The Kier molecular flexibility index (Phi) is 6.28. The number of aryl methyl sites for hydroxylation is 1. The molecule has 1 saturated carbocycles. The van der Waals surface area contributed by atoms with Gasteiger partial charge in [-0.25, -0.2) is 4.39 Å². The molecule has 1 aliphatic carbocycles. The number of carbonyl (C=O) groups is 1. The number of likely N-dealkylation sites (tertiary alicyclic amines) is 1. The first-order valence-corrected chi connectivity index (χ1v) is 10.9. The number of nitrogens with zero attached hydrogens (tertiary/aromatic N) is 2. The minimum atomic E-state index is -0.377. The fraction of sp³-hybridized carbons (Fsp3) is 0.565. The lowest BCUT2D eigenvalue weighted by atomic mass is 9.90. The van der Waals surface area contributed by atoms with E-state index in [9.17, 15) is 9.18 Å². The van der Waals surface area contributed by atoms with Gasteiger partial charge in [0.25, 0.3) is 5.91 Å². The number of benzene rings is 1. The first kappa shape index (κ1) is 20.1. The van der Waals surface area contributed by atoms with Gasteiger partial charge in [-0.2, -0.15) is 0 Å². The van der Waals surface area contributed by atoms with Crippen LogP contribution in [0.4, 0.5) is 4.39 Å². The van der Waals surface area contributed by atoms with Crippen molar-refractivity contribution in [2.75, 3.05) is 19.6 Å². The molecule has 4 rings (SSSR count). The largest absolute Gasteiger partial charge is 0.355 e.